The minimum Gasteiger partial charge on any atom is -0.345 e. The third kappa shape index (κ3) is 5.31. The van der Waals surface area contributed by atoms with Crippen molar-refractivity contribution in [3.8, 4) is 23.0 Å². The van der Waals surface area contributed by atoms with E-state index in [9.17, 15) is 14.9 Å². The number of nitrogens with zero attached hydrogens (tertiary/aromatic N) is 5. The Balaban J connectivity index is 1.65. The second kappa shape index (κ2) is 10.3. The zero-order chi connectivity index (χ0) is 24.8. The lowest BCUT2D eigenvalue weighted by Gasteiger charge is -2.10. The number of carbonyl (C=O) groups is 2. The molecule has 1 N–H and O–H groups in total. The minimum absolute atomic E-state index is 0.0821. The molecule has 0 aliphatic heterocycles. The normalized spacial score (nSPS) is 10.9. The first-order valence-corrected chi connectivity index (χ1v) is 10.8. The lowest BCUT2D eigenvalue weighted by molar-refractivity contribution is -0.112. The molecular formula is C27H22N6O2. The zero-order valence-electron chi connectivity index (χ0n) is 19.2. The fourth-order valence-electron chi connectivity index (χ4n) is 3.40. The molecular weight excluding hydrogens is 440 g/mol. The van der Waals surface area contributed by atoms with Gasteiger partial charge in [-0.2, -0.15) is 10.4 Å². The molecule has 0 bridgehead atoms. The van der Waals surface area contributed by atoms with E-state index in [1.165, 1.54) is 11.0 Å². The van der Waals surface area contributed by atoms with E-state index in [0.29, 0.717) is 22.5 Å². The highest BCUT2D eigenvalue weighted by atomic mass is 16.2. The van der Waals surface area contributed by atoms with Gasteiger partial charge >= 0.3 is 0 Å². The van der Waals surface area contributed by atoms with Gasteiger partial charge in [0.25, 0.3) is 11.8 Å². The van der Waals surface area contributed by atoms with Gasteiger partial charge in [-0.3, -0.25) is 14.6 Å². The van der Waals surface area contributed by atoms with E-state index in [4.69, 9.17) is 0 Å². The number of para-hydroxylation sites is 1. The molecule has 2 heterocycles. The third-order valence-corrected chi connectivity index (χ3v) is 5.18. The highest BCUT2D eigenvalue weighted by Gasteiger charge is 2.16. The van der Waals surface area contributed by atoms with Crippen LogP contribution in [0.4, 0.5) is 5.69 Å². The molecule has 0 aliphatic carbocycles. The Labute approximate surface area is 202 Å². The molecule has 0 radical (unpaired) electrons. The van der Waals surface area contributed by atoms with Gasteiger partial charge in [0.05, 0.1) is 5.69 Å². The maximum absolute atomic E-state index is 12.9. The van der Waals surface area contributed by atoms with Gasteiger partial charge in [-0.1, -0.05) is 18.2 Å². The summed E-state index contributed by atoms with van der Waals surface area (Å²) in [5, 5.41) is 17.1. The summed E-state index contributed by atoms with van der Waals surface area (Å²) in [6.45, 7) is 0. The predicted molar refractivity (Wildman–Crippen MR) is 133 cm³/mol. The van der Waals surface area contributed by atoms with Crippen molar-refractivity contribution in [1.29, 1.82) is 5.26 Å². The quantitative estimate of drug-likeness (QED) is 0.342. The van der Waals surface area contributed by atoms with Crippen LogP contribution in [0.5, 0.6) is 0 Å². The van der Waals surface area contributed by atoms with Gasteiger partial charge in [-0.05, 0) is 54.6 Å². The predicted octanol–water partition coefficient (Wildman–Crippen LogP) is 4.18. The summed E-state index contributed by atoms with van der Waals surface area (Å²) in [6, 6.07) is 21.7. The summed E-state index contributed by atoms with van der Waals surface area (Å²) in [6.07, 6.45) is 6.61. The van der Waals surface area contributed by atoms with Crippen LogP contribution in [0.1, 0.15) is 15.9 Å². The van der Waals surface area contributed by atoms with Gasteiger partial charge in [-0.15, -0.1) is 0 Å². The van der Waals surface area contributed by atoms with Crippen LogP contribution in [0, 0.1) is 11.3 Å². The second-order valence-corrected chi connectivity index (χ2v) is 7.85. The number of hydrogen-bond donors (Lipinski definition) is 1. The molecule has 172 valence electrons. The highest BCUT2D eigenvalue weighted by molar-refractivity contribution is 6.10. The van der Waals surface area contributed by atoms with E-state index in [1.807, 2.05) is 48.5 Å². The van der Waals surface area contributed by atoms with E-state index in [0.717, 1.165) is 11.3 Å². The largest absolute Gasteiger partial charge is 0.345 e. The van der Waals surface area contributed by atoms with E-state index < -0.39 is 5.91 Å². The average Bonchev–Trinajstić information content (AvgIpc) is 3.32. The van der Waals surface area contributed by atoms with Crippen molar-refractivity contribution < 1.29 is 9.59 Å². The smallest absolute Gasteiger partial charge is 0.266 e. The Bertz CT molecular complexity index is 1420. The van der Waals surface area contributed by atoms with Gasteiger partial charge in [0.15, 0.2) is 0 Å². The molecule has 0 fully saturated rings. The van der Waals surface area contributed by atoms with Gasteiger partial charge < -0.3 is 10.2 Å². The van der Waals surface area contributed by atoms with Crippen molar-refractivity contribution in [3.63, 3.8) is 0 Å². The number of nitrogens with one attached hydrogen (secondary N) is 1. The SMILES string of the molecule is CN(C)C(=O)c1ccc(NC(=O)/C(C#N)=C/c2cn(-c3ccccc3)nc2-c2ccncc2)cc1. The van der Waals surface area contributed by atoms with Gasteiger partial charge in [-0.25, -0.2) is 4.68 Å². The number of benzene rings is 2. The van der Waals surface area contributed by atoms with Crippen LogP contribution in [0.15, 0.2) is 90.9 Å². The minimum atomic E-state index is -0.563. The summed E-state index contributed by atoms with van der Waals surface area (Å²) in [5.74, 6) is -0.702. The number of amides is 2. The maximum Gasteiger partial charge on any atom is 0.266 e. The molecule has 0 saturated carbocycles. The van der Waals surface area contributed by atoms with Crippen LogP contribution < -0.4 is 5.32 Å². The molecule has 0 spiro atoms. The number of pyridine rings is 1. The molecule has 0 aliphatic rings. The summed E-state index contributed by atoms with van der Waals surface area (Å²) in [5.41, 5.74) is 3.76. The van der Waals surface area contributed by atoms with Crippen molar-refractivity contribution in [2.45, 2.75) is 0 Å². The Morgan fingerprint density at radius 2 is 1.69 bits per heavy atom. The van der Waals surface area contributed by atoms with Crippen LogP contribution in [-0.4, -0.2) is 45.6 Å². The lowest BCUT2D eigenvalue weighted by Crippen LogP contribution is -2.21. The Morgan fingerprint density at radius 1 is 1.00 bits per heavy atom. The van der Waals surface area contributed by atoms with Crippen LogP contribution >= 0.6 is 0 Å². The molecule has 2 amide bonds. The Morgan fingerprint density at radius 3 is 2.31 bits per heavy atom. The molecule has 35 heavy (non-hydrogen) atoms. The fourth-order valence-corrected chi connectivity index (χ4v) is 3.40. The summed E-state index contributed by atoms with van der Waals surface area (Å²) in [4.78, 5) is 30.5. The van der Waals surface area contributed by atoms with Gasteiger partial charge in [0, 0.05) is 55.1 Å². The molecule has 2 aromatic heterocycles. The van der Waals surface area contributed by atoms with E-state index >= 15 is 0 Å². The van der Waals surface area contributed by atoms with Crippen molar-refractivity contribution in [1.82, 2.24) is 19.7 Å². The molecule has 8 nitrogen and oxygen atoms in total. The second-order valence-electron chi connectivity index (χ2n) is 7.85. The first kappa shape index (κ1) is 23.1. The van der Waals surface area contributed by atoms with Crippen LogP contribution in [-0.2, 0) is 4.79 Å². The van der Waals surface area contributed by atoms with Crippen molar-refractivity contribution in [3.05, 3.63) is 102 Å². The van der Waals surface area contributed by atoms with Crippen LogP contribution in [0.2, 0.25) is 0 Å². The zero-order valence-corrected chi connectivity index (χ0v) is 19.2. The monoisotopic (exact) mass is 462 g/mol. The van der Waals surface area contributed by atoms with Crippen LogP contribution in [0.25, 0.3) is 23.0 Å². The Hall–Kier alpha value is -5.03. The number of carbonyl (C=O) groups excluding carboxylic acids is 2. The first-order chi connectivity index (χ1) is 17.0. The number of hydrogen-bond acceptors (Lipinski definition) is 5. The number of rotatable bonds is 6. The molecule has 4 rings (SSSR count). The molecule has 2 aromatic carbocycles. The van der Waals surface area contributed by atoms with E-state index in [1.54, 1.807) is 61.6 Å². The van der Waals surface area contributed by atoms with E-state index in [-0.39, 0.29) is 11.5 Å². The fraction of sp³-hybridized carbons (Fsp3) is 0.0741. The first-order valence-electron chi connectivity index (χ1n) is 10.8. The van der Waals surface area contributed by atoms with E-state index in [2.05, 4.69) is 15.4 Å². The Kier molecular flexibility index (Phi) is 6.79. The highest BCUT2D eigenvalue weighted by Crippen LogP contribution is 2.25. The molecule has 4 aromatic rings. The van der Waals surface area contributed by atoms with Crippen molar-refractivity contribution >= 4 is 23.6 Å². The molecule has 0 unspecified atom stereocenters. The van der Waals surface area contributed by atoms with Gasteiger partial charge in [0.1, 0.15) is 17.3 Å². The third-order valence-electron chi connectivity index (χ3n) is 5.18. The lowest BCUT2D eigenvalue weighted by atomic mass is 10.1. The maximum atomic E-state index is 12.9. The summed E-state index contributed by atoms with van der Waals surface area (Å²) < 4.78 is 1.70. The van der Waals surface area contributed by atoms with Crippen molar-refractivity contribution in [2.24, 2.45) is 0 Å². The molecule has 0 atom stereocenters. The summed E-state index contributed by atoms with van der Waals surface area (Å²) >= 11 is 0. The van der Waals surface area contributed by atoms with Crippen LogP contribution in [0.3, 0.4) is 0 Å². The average molecular weight is 463 g/mol. The molecule has 8 heteroatoms. The number of anilines is 1. The standard InChI is InChI=1S/C27H22N6O2/c1-32(2)27(35)20-8-10-23(11-9-20)30-26(34)21(17-28)16-22-18-33(24-6-4-3-5-7-24)31-25(22)19-12-14-29-15-13-19/h3-16,18H,1-2H3,(H,30,34)/b21-16+. The molecule has 0 saturated heterocycles. The summed E-state index contributed by atoms with van der Waals surface area (Å²) in [7, 11) is 3.34. The number of aromatic nitrogens is 3. The topological polar surface area (TPSA) is 104 Å². The number of nitriles is 1. The van der Waals surface area contributed by atoms with Gasteiger partial charge in [0.2, 0.25) is 0 Å². The van der Waals surface area contributed by atoms with Crippen molar-refractivity contribution in [2.75, 3.05) is 19.4 Å².